The van der Waals surface area contributed by atoms with Crippen LogP contribution in [0.4, 0.5) is 0 Å². The van der Waals surface area contributed by atoms with Crippen molar-refractivity contribution in [1.29, 1.82) is 0 Å². The van der Waals surface area contributed by atoms with E-state index in [4.69, 9.17) is 11.6 Å². The number of nitrogens with one attached hydrogen (secondary N) is 1. The van der Waals surface area contributed by atoms with Crippen molar-refractivity contribution in [3.8, 4) is 0 Å². The molecular formula is C24H31ClN2O2. The minimum Gasteiger partial charge on any atom is -0.352 e. The van der Waals surface area contributed by atoms with Gasteiger partial charge in [0.05, 0.1) is 6.42 Å². The van der Waals surface area contributed by atoms with Gasteiger partial charge in [0, 0.05) is 17.6 Å². The lowest BCUT2D eigenvalue weighted by atomic mass is 10.0. The number of rotatable bonds is 8. The summed E-state index contributed by atoms with van der Waals surface area (Å²) in [5, 5.41) is 3.60. The van der Waals surface area contributed by atoms with E-state index >= 15 is 0 Å². The summed E-state index contributed by atoms with van der Waals surface area (Å²) in [5.74, 6) is -0.227. The maximum absolute atomic E-state index is 13.2. The van der Waals surface area contributed by atoms with Crippen LogP contribution in [0, 0.1) is 13.8 Å². The molecule has 2 atom stereocenters. The van der Waals surface area contributed by atoms with Gasteiger partial charge in [0.15, 0.2) is 0 Å². The largest absolute Gasteiger partial charge is 0.352 e. The summed E-state index contributed by atoms with van der Waals surface area (Å²) in [6.45, 7) is 10.2. The third-order valence-electron chi connectivity index (χ3n) is 5.34. The van der Waals surface area contributed by atoms with E-state index in [1.54, 1.807) is 17.9 Å². The maximum Gasteiger partial charge on any atom is 0.242 e. The first-order valence-corrected chi connectivity index (χ1v) is 10.5. The first-order chi connectivity index (χ1) is 13.7. The molecule has 2 amide bonds. The van der Waals surface area contributed by atoms with Crippen LogP contribution in [0.3, 0.4) is 0 Å². The van der Waals surface area contributed by atoms with Crippen molar-refractivity contribution in [3.63, 3.8) is 0 Å². The minimum atomic E-state index is -0.581. The third-order valence-corrected chi connectivity index (χ3v) is 5.57. The summed E-state index contributed by atoms with van der Waals surface area (Å²) in [7, 11) is 0. The van der Waals surface area contributed by atoms with Gasteiger partial charge < -0.3 is 10.2 Å². The molecule has 29 heavy (non-hydrogen) atoms. The van der Waals surface area contributed by atoms with Crippen molar-refractivity contribution in [3.05, 3.63) is 69.7 Å². The highest BCUT2D eigenvalue weighted by Gasteiger charge is 2.27. The zero-order valence-electron chi connectivity index (χ0n) is 18.0. The Morgan fingerprint density at radius 2 is 1.76 bits per heavy atom. The van der Waals surface area contributed by atoms with Crippen LogP contribution in [-0.4, -0.2) is 28.8 Å². The number of hydrogen-bond donors (Lipinski definition) is 1. The molecule has 0 saturated heterocycles. The SMILES string of the molecule is CC[C@@H](C)NC(=O)[C@H](C)N(Cc1cccc(Cl)c1)C(=O)Cc1ccc(C)c(C)c1. The average molecular weight is 415 g/mol. The van der Waals surface area contributed by atoms with Crippen molar-refractivity contribution >= 4 is 23.4 Å². The second-order valence-corrected chi connectivity index (χ2v) is 8.18. The molecule has 5 heteroatoms. The molecular weight excluding hydrogens is 384 g/mol. The van der Waals surface area contributed by atoms with E-state index in [0.717, 1.165) is 23.1 Å². The molecule has 156 valence electrons. The highest BCUT2D eigenvalue weighted by Crippen LogP contribution is 2.17. The summed E-state index contributed by atoms with van der Waals surface area (Å²) in [6.07, 6.45) is 1.09. The van der Waals surface area contributed by atoms with Gasteiger partial charge in [0.25, 0.3) is 0 Å². The normalized spacial score (nSPS) is 12.9. The van der Waals surface area contributed by atoms with E-state index in [1.165, 1.54) is 5.56 Å². The number of halogens is 1. The molecule has 0 radical (unpaired) electrons. The molecule has 0 bridgehead atoms. The lowest BCUT2D eigenvalue weighted by Gasteiger charge is -2.30. The smallest absolute Gasteiger partial charge is 0.242 e. The number of amides is 2. The molecule has 1 N–H and O–H groups in total. The van der Waals surface area contributed by atoms with E-state index in [-0.39, 0.29) is 24.3 Å². The zero-order valence-corrected chi connectivity index (χ0v) is 18.7. The summed E-state index contributed by atoms with van der Waals surface area (Å²) >= 11 is 6.12. The second-order valence-electron chi connectivity index (χ2n) is 7.74. The highest BCUT2D eigenvalue weighted by molar-refractivity contribution is 6.30. The van der Waals surface area contributed by atoms with Gasteiger partial charge in [-0.05, 0) is 68.5 Å². The first-order valence-electron chi connectivity index (χ1n) is 10.1. The Labute approximate surface area is 179 Å². The molecule has 0 aromatic heterocycles. The van der Waals surface area contributed by atoms with E-state index < -0.39 is 6.04 Å². The Bertz CT molecular complexity index is 866. The molecule has 4 nitrogen and oxygen atoms in total. The zero-order chi connectivity index (χ0) is 21.6. The van der Waals surface area contributed by atoms with Crippen molar-refractivity contribution in [1.82, 2.24) is 10.2 Å². The van der Waals surface area contributed by atoms with E-state index in [1.807, 2.05) is 64.1 Å². The van der Waals surface area contributed by atoms with Gasteiger partial charge in [0.2, 0.25) is 11.8 Å². The molecule has 0 heterocycles. The Hall–Kier alpha value is -2.33. The fourth-order valence-corrected chi connectivity index (χ4v) is 3.28. The van der Waals surface area contributed by atoms with Gasteiger partial charge in [0.1, 0.15) is 6.04 Å². The first kappa shape index (κ1) is 23.0. The third kappa shape index (κ3) is 6.60. The maximum atomic E-state index is 13.2. The topological polar surface area (TPSA) is 49.4 Å². The van der Waals surface area contributed by atoms with Gasteiger partial charge in [-0.3, -0.25) is 9.59 Å². The van der Waals surface area contributed by atoms with Gasteiger partial charge in [-0.15, -0.1) is 0 Å². The van der Waals surface area contributed by atoms with Gasteiger partial charge in [-0.25, -0.2) is 0 Å². The molecule has 0 aliphatic heterocycles. The Morgan fingerprint density at radius 3 is 2.38 bits per heavy atom. The number of carbonyl (C=O) groups excluding carboxylic acids is 2. The van der Waals surface area contributed by atoms with Crippen LogP contribution in [0.1, 0.15) is 49.4 Å². The van der Waals surface area contributed by atoms with E-state index in [9.17, 15) is 9.59 Å². The summed E-state index contributed by atoms with van der Waals surface area (Å²) in [4.78, 5) is 27.6. The molecule has 2 aromatic rings. The summed E-state index contributed by atoms with van der Waals surface area (Å²) in [6, 6.07) is 12.9. The van der Waals surface area contributed by atoms with E-state index in [2.05, 4.69) is 5.32 Å². The van der Waals surface area contributed by atoms with Crippen LogP contribution in [0.5, 0.6) is 0 Å². The van der Waals surface area contributed by atoms with Crippen LogP contribution >= 0.6 is 11.6 Å². The van der Waals surface area contributed by atoms with Crippen molar-refractivity contribution in [2.75, 3.05) is 0 Å². The van der Waals surface area contributed by atoms with Crippen LogP contribution in [0.25, 0.3) is 0 Å². The van der Waals surface area contributed by atoms with Crippen LogP contribution < -0.4 is 5.32 Å². The van der Waals surface area contributed by atoms with Crippen LogP contribution in [0.2, 0.25) is 5.02 Å². The van der Waals surface area contributed by atoms with Gasteiger partial charge >= 0.3 is 0 Å². The lowest BCUT2D eigenvalue weighted by molar-refractivity contribution is -0.140. The molecule has 0 saturated carbocycles. The van der Waals surface area contributed by atoms with E-state index in [0.29, 0.717) is 11.6 Å². The number of carbonyl (C=O) groups is 2. The molecule has 0 unspecified atom stereocenters. The Kier molecular flexibility index (Phi) is 8.27. The van der Waals surface area contributed by atoms with Crippen LogP contribution in [-0.2, 0) is 22.6 Å². The predicted molar refractivity (Wildman–Crippen MR) is 119 cm³/mol. The molecule has 0 aliphatic carbocycles. The van der Waals surface area contributed by atoms with Crippen LogP contribution in [0.15, 0.2) is 42.5 Å². The molecule has 2 aromatic carbocycles. The lowest BCUT2D eigenvalue weighted by Crippen LogP contribution is -2.49. The quantitative estimate of drug-likeness (QED) is 0.672. The number of aryl methyl sites for hydroxylation is 2. The number of hydrogen-bond acceptors (Lipinski definition) is 2. The molecule has 2 rings (SSSR count). The van der Waals surface area contributed by atoms with Crippen molar-refractivity contribution in [2.24, 2.45) is 0 Å². The number of benzene rings is 2. The molecule has 0 fully saturated rings. The number of nitrogens with zero attached hydrogens (tertiary/aromatic N) is 1. The molecule has 0 aliphatic rings. The summed E-state index contributed by atoms with van der Waals surface area (Å²) < 4.78 is 0. The average Bonchev–Trinajstić information content (AvgIpc) is 2.68. The van der Waals surface area contributed by atoms with Gasteiger partial charge in [-0.2, -0.15) is 0 Å². The van der Waals surface area contributed by atoms with Crippen molar-refractivity contribution < 1.29 is 9.59 Å². The molecule has 0 spiro atoms. The Morgan fingerprint density at radius 1 is 1.03 bits per heavy atom. The Balaban J connectivity index is 2.25. The minimum absolute atomic E-state index is 0.0628. The summed E-state index contributed by atoms with van der Waals surface area (Å²) in [5.41, 5.74) is 4.19. The van der Waals surface area contributed by atoms with Gasteiger partial charge in [-0.1, -0.05) is 48.9 Å². The monoisotopic (exact) mass is 414 g/mol. The fourth-order valence-electron chi connectivity index (χ4n) is 3.07. The standard InChI is InChI=1S/C24H31ClN2O2/c1-6-18(4)26-24(29)19(5)27(15-21-8-7-9-22(25)13-21)23(28)14-20-11-10-16(2)17(3)12-20/h7-13,18-19H,6,14-15H2,1-5H3,(H,26,29)/t18-,19+/m1/s1. The second kappa shape index (κ2) is 10.4. The highest BCUT2D eigenvalue weighted by atomic mass is 35.5. The predicted octanol–water partition coefficient (Wildman–Crippen LogP) is 4.83. The fraction of sp³-hybridized carbons (Fsp3) is 0.417. The van der Waals surface area contributed by atoms with Crippen molar-refractivity contribution in [2.45, 2.75) is 66.1 Å².